The summed E-state index contributed by atoms with van der Waals surface area (Å²) >= 11 is 0. The lowest BCUT2D eigenvalue weighted by atomic mass is 9.93. The third-order valence-electron chi connectivity index (χ3n) is 7.85. The molecule has 0 saturated heterocycles. The molecule has 1 N–H and O–H groups in total. The van der Waals surface area contributed by atoms with Crippen molar-refractivity contribution in [3.05, 3.63) is 146 Å². The second-order valence-electron chi connectivity index (χ2n) is 10.6. The minimum Gasteiger partial charge on any atom is -0.507 e. The monoisotopic (exact) mass is 567 g/mol. The Kier molecular flexibility index (Phi) is 6.20. The van der Waals surface area contributed by atoms with Gasteiger partial charge in [-0.3, -0.25) is 0 Å². The molecule has 8 rings (SSSR count). The van der Waals surface area contributed by atoms with Crippen molar-refractivity contribution in [2.75, 3.05) is 0 Å². The van der Waals surface area contributed by atoms with Gasteiger partial charge in [0.15, 0.2) is 17.5 Å². The van der Waals surface area contributed by atoms with E-state index in [2.05, 4.69) is 24.3 Å². The number of hydrogen-bond donors (Lipinski definition) is 1. The molecule has 2 aromatic heterocycles. The number of phenolic OH excluding ortho intramolecular Hbond substituents is 1. The van der Waals surface area contributed by atoms with Crippen molar-refractivity contribution in [1.29, 1.82) is 0 Å². The average Bonchev–Trinajstić information content (AvgIpc) is 3.48. The Bertz CT molecular complexity index is 2240. The van der Waals surface area contributed by atoms with E-state index in [0.717, 1.165) is 49.8 Å². The van der Waals surface area contributed by atoms with Crippen molar-refractivity contribution in [3.63, 3.8) is 0 Å². The fourth-order valence-corrected chi connectivity index (χ4v) is 5.82. The molecule has 0 unspecified atom stereocenters. The third kappa shape index (κ3) is 4.48. The van der Waals surface area contributed by atoms with E-state index in [-0.39, 0.29) is 5.75 Å². The number of aromatic hydroxyl groups is 1. The minimum absolute atomic E-state index is 0.148. The van der Waals surface area contributed by atoms with Crippen LogP contribution in [-0.2, 0) is 0 Å². The number of rotatable bonds is 5. The van der Waals surface area contributed by atoms with Crippen LogP contribution in [0.2, 0.25) is 0 Å². The van der Waals surface area contributed by atoms with Crippen LogP contribution in [0.3, 0.4) is 0 Å². The molecular weight excluding hydrogens is 542 g/mol. The van der Waals surface area contributed by atoms with Crippen LogP contribution in [0.25, 0.3) is 78.4 Å². The maximum Gasteiger partial charge on any atom is 0.164 e. The zero-order chi connectivity index (χ0) is 29.5. The second-order valence-corrected chi connectivity index (χ2v) is 10.6. The van der Waals surface area contributed by atoms with E-state index in [1.807, 2.05) is 115 Å². The highest BCUT2D eigenvalue weighted by Gasteiger charge is 2.19. The van der Waals surface area contributed by atoms with E-state index in [1.165, 1.54) is 0 Å². The molecule has 0 atom stereocenters. The van der Waals surface area contributed by atoms with Crippen LogP contribution in [0.4, 0.5) is 0 Å². The molecule has 0 saturated carbocycles. The summed E-state index contributed by atoms with van der Waals surface area (Å²) in [5.41, 5.74) is 7.76. The largest absolute Gasteiger partial charge is 0.507 e. The fourth-order valence-electron chi connectivity index (χ4n) is 5.82. The fraction of sp³-hybridized carbons (Fsp3) is 0. The first kappa shape index (κ1) is 25.6. The Morgan fingerprint density at radius 1 is 0.432 bits per heavy atom. The summed E-state index contributed by atoms with van der Waals surface area (Å²) in [6.07, 6.45) is 0. The summed E-state index contributed by atoms with van der Waals surface area (Å²) < 4.78 is 6.16. The van der Waals surface area contributed by atoms with E-state index >= 15 is 0 Å². The summed E-state index contributed by atoms with van der Waals surface area (Å²) in [7, 11) is 0. The van der Waals surface area contributed by atoms with Gasteiger partial charge in [-0.05, 0) is 41.0 Å². The molecule has 0 fully saturated rings. The molecule has 8 aromatic rings. The highest BCUT2D eigenvalue weighted by atomic mass is 16.3. The number of nitrogens with zero attached hydrogens (tertiary/aromatic N) is 3. The Morgan fingerprint density at radius 3 is 1.73 bits per heavy atom. The first-order chi connectivity index (χ1) is 21.7. The molecule has 0 aliphatic carbocycles. The smallest absolute Gasteiger partial charge is 0.164 e. The van der Waals surface area contributed by atoms with Gasteiger partial charge < -0.3 is 9.52 Å². The molecule has 0 spiro atoms. The summed E-state index contributed by atoms with van der Waals surface area (Å²) in [5.74, 6) is 1.76. The molecule has 5 nitrogen and oxygen atoms in total. The second kappa shape index (κ2) is 10.6. The lowest BCUT2D eigenvalue weighted by molar-refractivity contribution is 0.477. The van der Waals surface area contributed by atoms with Crippen LogP contribution in [0.5, 0.6) is 5.75 Å². The molecule has 0 amide bonds. The lowest BCUT2D eigenvalue weighted by Crippen LogP contribution is -2.01. The van der Waals surface area contributed by atoms with E-state index in [4.69, 9.17) is 19.4 Å². The number of phenols is 1. The molecule has 208 valence electrons. The lowest BCUT2D eigenvalue weighted by Gasteiger charge is -2.14. The number of aromatic nitrogens is 3. The molecule has 0 bridgehead atoms. The highest BCUT2D eigenvalue weighted by molar-refractivity contribution is 6.12. The van der Waals surface area contributed by atoms with Crippen LogP contribution in [0.1, 0.15) is 0 Å². The first-order valence-corrected chi connectivity index (χ1v) is 14.4. The van der Waals surface area contributed by atoms with E-state index in [1.54, 1.807) is 6.07 Å². The third-order valence-corrected chi connectivity index (χ3v) is 7.85. The highest BCUT2D eigenvalue weighted by Crippen LogP contribution is 2.42. The van der Waals surface area contributed by atoms with Gasteiger partial charge in [0.1, 0.15) is 16.9 Å². The van der Waals surface area contributed by atoms with Crippen LogP contribution >= 0.6 is 0 Å². The van der Waals surface area contributed by atoms with Gasteiger partial charge in [-0.15, -0.1) is 0 Å². The van der Waals surface area contributed by atoms with Gasteiger partial charge in [0.25, 0.3) is 0 Å². The number of para-hydroxylation sites is 1. The topological polar surface area (TPSA) is 72.0 Å². The van der Waals surface area contributed by atoms with Crippen LogP contribution in [0, 0.1) is 0 Å². The number of fused-ring (bicyclic) bond motifs is 3. The summed E-state index contributed by atoms with van der Waals surface area (Å²) in [4.78, 5) is 14.7. The van der Waals surface area contributed by atoms with Gasteiger partial charge in [0.05, 0.1) is 0 Å². The quantitative estimate of drug-likeness (QED) is 0.224. The van der Waals surface area contributed by atoms with Gasteiger partial charge in [-0.2, -0.15) is 0 Å². The molecule has 44 heavy (non-hydrogen) atoms. The van der Waals surface area contributed by atoms with Crippen LogP contribution in [0.15, 0.2) is 150 Å². The van der Waals surface area contributed by atoms with Crippen LogP contribution < -0.4 is 0 Å². The molecule has 5 heteroatoms. The van der Waals surface area contributed by atoms with E-state index in [0.29, 0.717) is 28.6 Å². The van der Waals surface area contributed by atoms with Crippen molar-refractivity contribution in [2.45, 2.75) is 0 Å². The zero-order valence-electron chi connectivity index (χ0n) is 23.6. The Hall–Kier alpha value is -6.07. The Labute approximate surface area is 253 Å². The van der Waals surface area contributed by atoms with Gasteiger partial charge in [-0.25, -0.2) is 15.0 Å². The summed E-state index contributed by atoms with van der Waals surface area (Å²) in [6.45, 7) is 0. The Balaban J connectivity index is 1.32. The van der Waals surface area contributed by atoms with Gasteiger partial charge in [0.2, 0.25) is 0 Å². The van der Waals surface area contributed by atoms with Gasteiger partial charge in [-0.1, -0.05) is 121 Å². The molecule has 0 radical (unpaired) electrons. The van der Waals surface area contributed by atoms with Crippen molar-refractivity contribution in [3.8, 4) is 62.2 Å². The summed E-state index contributed by atoms with van der Waals surface area (Å²) in [5, 5.41) is 13.5. The predicted octanol–water partition coefficient (Wildman–Crippen LogP) is 9.81. The number of hydrogen-bond acceptors (Lipinski definition) is 5. The standard InChI is InChI=1S/C39H25N3O2/c43-32-21-10-20-31(39-41-37(25-12-3-1-4-13-25)40-38(42-39)26-14-5-2-6-15-26)35(32)28-17-9-16-27(24-28)29-19-11-23-34-36(29)30-18-7-8-22-33(30)44-34/h1-24,43H. The number of benzene rings is 6. The average molecular weight is 568 g/mol. The molecule has 0 aliphatic rings. The van der Waals surface area contributed by atoms with E-state index in [9.17, 15) is 5.11 Å². The van der Waals surface area contributed by atoms with E-state index < -0.39 is 0 Å². The van der Waals surface area contributed by atoms with Crippen molar-refractivity contribution < 1.29 is 9.52 Å². The van der Waals surface area contributed by atoms with Gasteiger partial charge in [0, 0.05) is 33.0 Å². The molecule has 6 aromatic carbocycles. The van der Waals surface area contributed by atoms with Crippen molar-refractivity contribution in [1.82, 2.24) is 15.0 Å². The first-order valence-electron chi connectivity index (χ1n) is 14.4. The molecule has 0 aliphatic heterocycles. The molecule has 2 heterocycles. The van der Waals surface area contributed by atoms with Crippen molar-refractivity contribution in [2.24, 2.45) is 0 Å². The zero-order valence-corrected chi connectivity index (χ0v) is 23.6. The maximum atomic E-state index is 11.3. The van der Waals surface area contributed by atoms with Crippen LogP contribution in [-0.4, -0.2) is 20.1 Å². The summed E-state index contributed by atoms with van der Waals surface area (Å²) in [6, 6.07) is 47.7. The molecular formula is C39H25N3O2. The number of furan rings is 1. The maximum absolute atomic E-state index is 11.3. The van der Waals surface area contributed by atoms with Crippen molar-refractivity contribution >= 4 is 21.9 Å². The Morgan fingerprint density at radius 2 is 0.977 bits per heavy atom. The normalized spacial score (nSPS) is 11.3. The van der Waals surface area contributed by atoms with Gasteiger partial charge >= 0.3 is 0 Å². The SMILES string of the molecule is Oc1cccc(-c2nc(-c3ccccc3)nc(-c3ccccc3)n2)c1-c1cccc(-c2cccc3oc4ccccc4c23)c1. The minimum atomic E-state index is 0.148. The predicted molar refractivity (Wildman–Crippen MR) is 176 cm³/mol.